The average molecular weight is 388 g/mol. The SMILES string of the molecule is Cc1ccc(-n2c(C)cc(/C=N\NC(=O)C(=O)Nc3ccccc3)c2C)cc1C. The number of aryl methyl sites for hydroxylation is 3. The van der Waals surface area contributed by atoms with Crippen LogP contribution >= 0.6 is 0 Å². The summed E-state index contributed by atoms with van der Waals surface area (Å²) in [6.45, 7) is 8.19. The van der Waals surface area contributed by atoms with Crippen LogP contribution in [-0.4, -0.2) is 22.6 Å². The molecule has 0 saturated heterocycles. The van der Waals surface area contributed by atoms with Gasteiger partial charge in [-0.05, 0) is 69.2 Å². The van der Waals surface area contributed by atoms with Crippen molar-refractivity contribution in [3.05, 3.63) is 82.7 Å². The van der Waals surface area contributed by atoms with Crippen LogP contribution in [0.5, 0.6) is 0 Å². The van der Waals surface area contributed by atoms with Crippen LogP contribution in [0.1, 0.15) is 28.1 Å². The van der Waals surface area contributed by atoms with Gasteiger partial charge in [0.1, 0.15) is 0 Å². The average Bonchev–Trinajstić information content (AvgIpc) is 2.98. The van der Waals surface area contributed by atoms with Crippen LogP contribution in [-0.2, 0) is 9.59 Å². The van der Waals surface area contributed by atoms with Crippen LogP contribution in [0.4, 0.5) is 5.69 Å². The lowest BCUT2D eigenvalue weighted by molar-refractivity contribution is -0.136. The molecule has 1 aromatic heterocycles. The van der Waals surface area contributed by atoms with Gasteiger partial charge in [-0.1, -0.05) is 24.3 Å². The van der Waals surface area contributed by atoms with E-state index in [9.17, 15) is 9.59 Å². The van der Waals surface area contributed by atoms with Gasteiger partial charge >= 0.3 is 11.8 Å². The van der Waals surface area contributed by atoms with Crippen molar-refractivity contribution in [1.29, 1.82) is 0 Å². The van der Waals surface area contributed by atoms with E-state index in [4.69, 9.17) is 0 Å². The molecule has 3 rings (SSSR count). The molecular formula is C23H24N4O2. The molecule has 3 aromatic rings. The maximum atomic E-state index is 11.9. The van der Waals surface area contributed by atoms with Gasteiger partial charge in [0.25, 0.3) is 0 Å². The molecule has 0 aliphatic carbocycles. The topological polar surface area (TPSA) is 75.5 Å². The highest BCUT2D eigenvalue weighted by molar-refractivity contribution is 6.39. The number of carbonyl (C=O) groups excluding carboxylic acids is 2. The van der Waals surface area contributed by atoms with Crippen LogP contribution in [0.25, 0.3) is 5.69 Å². The lowest BCUT2D eigenvalue weighted by Crippen LogP contribution is -2.32. The standard InChI is InChI=1S/C23H24N4O2/c1-15-10-11-21(12-16(15)2)27-17(3)13-19(18(27)4)14-24-26-23(29)22(28)25-20-8-6-5-7-9-20/h5-14H,1-4H3,(H,25,28)(H,26,29)/b24-14-. The van der Waals surface area contributed by atoms with Crippen LogP contribution in [0, 0.1) is 27.7 Å². The predicted molar refractivity (Wildman–Crippen MR) is 116 cm³/mol. The Morgan fingerprint density at radius 2 is 1.62 bits per heavy atom. The quantitative estimate of drug-likeness (QED) is 0.405. The molecule has 0 saturated carbocycles. The summed E-state index contributed by atoms with van der Waals surface area (Å²) in [6.07, 6.45) is 1.55. The largest absolute Gasteiger partial charge is 0.329 e. The molecule has 0 aliphatic heterocycles. The highest BCUT2D eigenvalue weighted by Gasteiger charge is 2.13. The summed E-state index contributed by atoms with van der Waals surface area (Å²) < 4.78 is 2.14. The fourth-order valence-corrected chi connectivity index (χ4v) is 3.10. The number of nitrogens with zero attached hydrogens (tertiary/aromatic N) is 2. The van der Waals surface area contributed by atoms with Crippen molar-refractivity contribution in [2.24, 2.45) is 5.10 Å². The van der Waals surface area contributed by atoms with Gasteiger partial charge in [-0.2, -0.15) is 5.10 Å². The summed E-state index contributed by atoms with van der Waals surface area (Å²) in [7, 11) is 0. The molecule has 2 aromatic carbocycles. The summed E-state index contributed by atoms with van der Waals surface area (Å²) in [5, 5.41) is 6.46. The number of hydrogen-bond donors (Lipinski definition) is 2. The van der Waals surface area contributed by atoms with Crippen molar-refractivity contribution in [2.45, 2.75) is 27.7 Å². The number of benzene rings is 2. The molecule has 1 heterocycles. The van der Waals surface area contributed by atoms with Crippen molar-refractivity contribution < 1.29 is 9.59 Å². The normalized spacial score (nSPS) is 10.9. The fraction of sp³-hybridized carbons (Fsp3) is 0.174. The second-order valence-electron chi connectivity index (χ2n) is 6.95. The van der Waals surface area contributed by atoms with E-state index in [1.807, 2.05) is 26.0 Å². The van der Waals surface area contributed by atoms with E-state index in [-0.39, 0.29) is 0 Å². The van der Waals surface area contributed by atoms with Gasteiger partial charge in [-0.25, -0.2) is 5.43 Å². The van der Waals surface area contributed by atoms with Gasteiger partial charge in [-0.3, -0.25) is 9.59 Å². The summed E-state index contributed by atoms with van der Waals surface area (Å²) in [5.74, 6) is -1.60. The summed E-state index contributed by atoms with van der Waals surface area (Å²) in [5.41, 5.74) is 9.29. The minimum Gasteiger partial charge on any atom is -0.318 e. The summed E-state index contributed by atoms with van der Waals surface area (Å²) in [6, 6.07) is 17.1. The minimum atomic E-state index is -0.826. The molecule has 0 fully saturated rings. The predicted octanol–water partition coefficient (Wildman–Crippen LogP) is 3.80. The van der Waals surface area contributed by atoms with Crippen LogP contribution in [0.3, 0.4) is 0 Å². The Kier molecular flexibility index (Phi) is 5.93. The fourth-order valence-electron chi connectivity index (χ4n) is 3.10. The van der Waals surface area contributed by atoms with Crippen molar-refractivity contribution >= 4 is 23.7 Å². The number of rotatable bonds is 4. The Hall–Kier alpha value is -3.67. The summed E-state index contributed by atoms with van der Waals surface area (Å²) in [4.78, 5) is 23.9. The van der Waals surface area contributed by atoms with E-state index < -0.39 is 11.8 Å². The van der Waals surface area contributed by atoms with Crippen molar-refractivity contribution in [3.8, 4) is 5.69 Å². The monoisotopic (exact) mass is 388 g/mol. The molecule has 148 valence electrons. The second-order valence-corrected chi connectivity index (χ2v) is 6.95. The smallest absolute Gasteiger partial charge is 0.318 e. The van der Waals surface area contributed by atoms with E-state index in [1.54, 1.807) is 30.5 Å². The van der Waals surface area contributed by atoms with Crippen molar-refractivity contribution in [3.63, 3.8) is 0 Å². The molecule has 0 bridgehead atoms. The van der Waals surface area contributed by atoms with Crippen molar-refractivity contribution in [1.82, 2.24) is 9.99 Å². The van der Waals surface area contributed by atoms with Gasteiger partial charge < -0.3 is 9.88 Å². The third-order valence-electron chi connectivity index (χ3n) is 4.83. The first-order valence-corrected chi connectivity index (χ1v) is 9.33. The number of anilines is 1. The summed E-state index contributed by atoms with van der Waals surface area (Å²) >= 11 is 0. The zero-order valence-electron chi connectivity index (χ0n) is 17.0. The molecule has 0 radical (unpaired) electrons. The zero-order chi connectivity index (χ0) is 21.0. The number of aromatic nitrogens is 1. The number of hydrogen-bond acceptors (Lipinski definition) is 3. The third-order valence-corrected chi connectivity index (χ3v) is 4.83. The number of para-hydroxylation sites is 1. The zero-order valence-corrected chi connectivity index (χ0v) is 17.0. The van der Waals surface area contributed by atoms with E-state index in [0.29, 0.717) is 5.69 Å². The molecule has 0 aliphatic rings. The van der Waals surface area contributed by atoms with Crippen LogP contribution < -0.4 is 10.7 Å². The maximum absolute atomic E-state index is 11.9. The van der Waals surface area contributed by atoms with Gasteiger partial charge in [0, 0.05) is 28.3 Å². The van der Waals surface area contributed by atoms with Gasteiger partial charge in [0.15, 0.2) is 0 Å². The molecule has 29 heavy (non-hydrogen) atoms. The molecule has 2 N–H and O–H groups in total. The lowest BCUT2D eigenvalue weighted by atomic mass is 10.1. The lowest BCUT2D eigenvalue weighted by Gasteiger charge is -2.11. The highest BCUT2D eigenvalue weighted by atomic mass is 16.2. The molecule has 0 atom stereocenters. The van der Waals surface area contributed by atoms with Gasteiger partial charge in [0.05, 0.1) is 6.21 Å². The van der Waals surface area contributed by atoms with Crippen LogP contribution in [0.15, 0.2) is 59.7 Å². The van der Waals surface area contributed by atoms with Gasteiger partial charge in [0.2, 0.25) is 0 Å². The Bertz CT molecular complexity index is 1080. The molecule has 2 amide bonds. The molecule has 0 unspecified atom stereocenters. The van der Waals surface area contributed by atoms with E-state index in [0.717, 1.165) is 22.6 Å². The molecular weight excluding hydrogens is 364 g/mol. The first kappa shape index (κ1) is 20.1. The first-order chi connectivity index (χ1) is 13.9. The Labute approximate surface area is 170 Å². The molecule has 0 spiro atoms. The number of nitrogens with one attached hydrogen (secondary N) is 2. The van der Waals surface area contributed by atoms with Crippen molar-refractivity contribution in [2.75, 3.05) is 5.32 Å². The van der Waals surface area contributed by atoms with E-state index >= 15 is 0 Å². The van der Waals surface area contributed by atoms with Crippen LogP contribution in [0.2, 0.25) is 0 Å². The number of hydrazone groups is 1. The van der Waals surface area contributed by atoms with E-state index in [1.165, 1.54) is 11.1 Å². The maximum Gasteiger partial charge on any atom is 0.329 e. The molecule has 6 nitrogen and oxygen atoms in total. The Morgan fingerprint density at radius 3 is 2.31 bits per heavy atom. The van der Waals surface area contributed by atoms with E-state index in [2.05, 4.69) is 52.5 Å². The highest BCUT2D eigenvalue weighted by Crippen LogP contribution is 2.21. The number of carbonyl (C=O) groups is 2. The minimum absolute atomic E-state index is 0.550. The second kappa shape index (κ2) is 8.56. The number of amides is 2. The Morgan fingerprint density at radius 1 is 0.897 bits per heavy atom. The third kappa shape index (κ3) is 4.60. The first-order valence-electron chi connectivity index (χ1n) is 9.33. The molecule has 6 heteroatoms. The Balaban J connectivity index is 1.70. The van der Waals surface area contributed by atoms with Gasteiger partial charge in [-0.15, -0.1) is 0 Å².